The molecule has 0 aliphatic carbocycles. The summed E-state index contributed by atoms with van der Waals surface area (Å²) in [7, 11) is 5.39. The van der Waals surface area contributed by atoms with Crippen molar-refractivity contribution >= 4 is 5.91 Å². The van der Waals surface area contributed by atoms with E-state index in [4.69, 9.17) is 4.52 Å². The zero-order chi connectivity index (χ0) is 14.8. The van der Waals surface area contributed by atoms with Crippen molar-refractivity contribution in [1.82, 2.24) is 25.3 Å². The van der Waals surface area contributed by atoms with Gasteiger partial charge in [-0.05, 0) is 20.5 Å². The molecule has 0 radical (unpaired) electrons. The third-order valence-corrected chi connectivity index (χ3v) is 3.28. The number of hydrogen-bond donors (Lipinski definition) is 2. The molecule has 1 fully saturated rings. The molecule has 0 bridgehead atoms. The summed E-state index contributed by atoms with van der Waals surface area (Å²) in [6.07, 6.45) is 0.714. The Balaban J connectivity index is 1.92. The van der Waals surface area contributed by atoms with Crippen molar-refractivity contribution in [3.05, 3.63) is 11.7 Å². The summed E-state index contributed by atoms with van der Waals surface area (Å²) >= 11 is 0. The number of aliphatic hydroxyl groups is 1. The Bertz CT molecular complexity index is 475. The van der Waals surface area contributed by atoms with Crippen LogP contribution in [0.5, 0.6) is 0 Å². The Hall–Kier alpha value is -1.51. The van der Waals surface area contributed by atoms with Crippen LogP contribution < -0.4 is 5.32 Å². The van der Waals surface area contributed by atoms with Gasteiger partial charge >= 0.3 is 11.8 Å². The molecule has 0 aromatic carbocycles. The van der Waals surface area contributed by atoms with Gasteiger partial charge in [0, 0.05) is 26.7 Å². The van der Waals surface area contributed by atoms with Crippen LogP contribution in [0.15, 0.2) is 4.52 Å². The van der Waals surface area contributed by atoms with Gasteiger partial charge in [0.05, 0.1) is 12.1 Å². The van der Waals surface area contributed by atoms with Crippen LogP contribution >= 0.6 is 0 Å². The van der Waals surface area contributed by atoms with Gasteiger partial charge in [0.15, 0.2) is 5.82 Å². The first-order chi connectivity index (χ1) is 9.42. The van der Waals surface area contributed by atoms with Crippen molar-refractivity contribution in [3.8, 4) is 0 Å². The third kappa shape index (κ3) is 3.53. The maximum atomic E-state index is 11.3. The minimum Gasteiger partial charge on any atom is -0.387 e. The van der Waals surface area contributed by atoms with Crippen molar-refractivity contribution in [1.29, 1.82) is 0 Å². The highest BCUT2D eigenvalue weighted by atomic mass is 16.5. The molecule has 1 aliphatic heterocycles. The van der Waals surface area contributed by atoms with E-state index < -0.39 is 11.5 Å². The highest BCUT2D eigenvalue weighted by molar-refractivity contribution is 5.89. The maximum Gasteiger partial charge on any atom is 0.315 e. The van der Waals surface area contributed by atoms with Gasteiger partial charge in [-0.15, -0.1) is 0 Å². The number of amides is 1. The molecule has 8 nitrogen and oxygen atoms in total. The monoisotopic (exact) mass is 283 g/mol. The lowest BCUT2D eigenvalue weighted by molar-refractivity contribution is 0.0237. The largest absolute Gasteiger partial charge is 0.387 e. The minimum atomic E-state index is -0.698. The molecular weight excluding hydrogens is 262 g/mol. The normalized spacial score (nSPS) is 23.4. The smallest absolute Gasteiger partial charge is 0.315 e. The standard InChI is InChI=1S/C12H21N5O3/c1-13-10(18)11-14-9(15-20-11)6-17-5-4-12(19,8-17)7-16(2)3/h19H,4-8H2,1-3H3,(H,13,18)/t12-/m0/s1. The van der Waals surface area contributed by atoms with Gasteiger partial charge in [-0.3, -0.25) is 9.69 Å². The number of aromatic nitrogens is 2. The Morgan fingerprint density at radius 2 is 2.35 bits per heavy atom. The van der Waals surface area contributed by atoms with E-state index in [-0.39, 0.29) is 5.89 Å². The molecule has 1 aliphatic rings. The lowest BCUT2D eigenvalue weighted by Crippen LogP contribution is -2.42. The van der Waals surface area contributed by atoms with Crippen LogP contribution in [0.1, 0.15) is 22.9 Å². The van der Waals surface area contributed by atoms with Crippen LogP contribution in [0.2, 0.25) is 0 Å². The molecule has 20 heavy (non-hydrogen) atoms. The van der Waals surface area contributed by atoms with Gasteiger partial charge in [-0.25, -0.2) is 0 Å². The van der Waals surface area contributed by atoms with E-state index in [0.717, 1.165) is 6.54 Å². The molecular formula is C12H21N5O3. The first kappa shape index (κ1) is 14.9. The van der Waals surface area contributed by atoms with Crippen LogP contribution in [0, 0.1) is 0 Å². The fourth-order valence-electron chi connectivity index (χ4n) is 2.51. The second-order valence-electron chi connectivity index (χ2n) is 5.52. The molecule has 0 spiro atoms. The Morgan fingerprint density at radius 1 is 1.60 bits per heavy atom. The SMILES string of the molecule is CNC(=O)c1nc(CN2CC[C@](O)(CN(C)C)C2)no1. The number of nitrogens with zero attached hydrogens (tertiary/aromatic N) is 4. The lowest BCUT2D eigenvalue weighted by atomic mass is 10.0. The van der Waals surface area contributed by atoms with Crippen LogP contribution in [0.3, 0.4) is 0 Å². The second-order valence-corrected chi connectivity index (χ2v) is 5.52. The predicted octanol–water partition coefficient (Wildman–Crippen LogP) is -1.07. The lowest BCUT2D eigenvalue weighted by Gasteiger charge is -2.26. The number of likely N-dealkylation sites (tertiary alicyclic amines) is 1. The summed E-state index contributed by atoms with van der Waals surface area (Å²) in [6, 6.07) is 0. The first-order valence-electron chi connectivity index (χ1n) is 6.56. The van der Waals surface area contributed by atoms with Gasteiger partial charge in [-0.1, -0.05) is 5.16 Å². The number of rotatable bonds is 5. The number of nitrogens with one attached hydrogen (secondary N) is 1. The average molecular weight is 283 g/mol. The summed E-state index contributed by atoms with van der Waals surface area (Å²) in [5.74, 6) is 0.0252. The summed E-state index contributed by atoms with van der Waals surface area (Å²) in [4.78, 5) is 19.4. The third-order valence-electron chi connectivity index (χ3n) is 3.28. The Kier molecular flexibility index (Phi) is 4.36. The zero-order valence-electron chi connectivity index (χ0n) is 12.1. The van der Waals surface area contributed by atoms with Crippen LogP contribution in [0.4, 0.5) is 0 Å². The zero-order valence-corrected chi connectivity index (χ0v) is 12.1. The molecule has 2 heterocycles. The predicted molar refractivity (Wildman–Crippen MR) is 71.1 cm³/mol. The van der Waals surface area contributed by atoms with E-state index in [1.165, 1.54) is 7.05 Å². The molecule has 8 heteroatoms. The summed E-state index contributed by atoms with van der Waals surface area (Å²) in [5.41, 5.74) is -0.698. The first-order valence-corrected chi connectivity index (χ1v) is 6.56. The summed E-state index contributed by atoms with van der Waals surface area (Å²) in [6.45, 7) is 2.43. The molecule has 0 saturated carbocycles. The second kappa shape index (κ2) is 5.86. The Morgan fingerprint density at radius 3 is 3.00 bits per heavy atom. The van der Waals surface area contributed by atoms with Crippen molar-refractivity contribution in [2.75, 3.05) is 40.8 Å². The van der Waals surface area contributed by atoms with E-state index in [9.17, 15) is 9.90 Å². The van der Waals surface area contributed by atoms with E-state index in [0.29, 0.717) is 31.9 Å². The topological polar surface area (TPSA) is 94.7 Å². The van der Waals surface area contributed by atoms with Gasteiger partial charge < -0.3 is 19.8 Å². The van der Waals surface area contributed by atoms with Gasteiger partial charge in [-0.2, -0.15) is 4.98 Å². The quantitative estimate of drug-likeness (QED) is 0.710. The molecule has 0 unspecified atom stereocenters. The van der Waals surface area contributed by atoms with Crippen molar-refractivity contribution in [2.45, 2.75) is 18.6 Å². The minimum absolute atomic E-state index is 0.0368. The fourth-order valence-corrected chi connectivity index (χ4v) is 2.51. The molecule has 2 N–H and O–H groups in total. The molecule has 1 aromatic heterocycles. The Labute approximate surface area is 117 Å². The number of hydrogen-bond acceptors (Lipinski definition) is 7. The van der Waals surface area contributed by atoms with Crippen molar-refractivity contribution in [3.63, 3.8) is 0 Å². The molecule has 112 valence electrons. The fraction of sp³-hybridized carbons (Fsp3) is 0.750. The molecule has 1 atom stereocenters. The van der Waals surface area contributed by atoms with E-state index in [1.54, 1.807) is 0 Å². The average Bonchev–Trinajstić information content (AvgIpc) is 2.95. The van der Waals surface area contributed by atoms with Gasteiger partial charge in [0.1, 0.15) is 0 Å². The van der Waals surface area contributed by atoms with Gasteiger partial charge in [0.2, 0.25) is 0 Å². The van der Waals surface area contributed by atoms with E-state index in [1.807, 2.05) is 19.0 Å². The van der Waals surface area contributed by atoms with E-state index in [2.05, 4.69) is 20.4 Å². The molecule has 1 saturated heterocycles. The summed E-state index contributed by atoms with van der Waals surface area (Å²) < 4.78 is 4.87. The molecule has 1 amide bonds. The highest BCUT2D eigenvalue weighted by Crippen LogP contribution is 2.22. The van der Waals surface area contributed by atoms with Crippen LogP contribution in [-0.4, -0.2) is 77.3 Å². The highest BCUT2D eigenvalue weighted by Gasteiger charge is 2.36. The van der Waals surface area contributed by atoms with Crippen molar-refractivity contribution in [2.24, 2.45) is 0 Å². The number of β-amino-alcohol motifs (C(OH)–C–C–N with tert-alkyl or cyclic N) is 1. The number of carbonyl (C=O) groups is 1. The van der Waals surface area contributed by atoms with Gasteiger partial charge in [0.25, 0.3) is 0 Å². The van der Waals surface area contributed by atoms with Crippen LogP contribution in [-0.2, 0) is 6.54 Å². The maximum absolute atomic E-state index is 11.3. The number of carbonyl (C=O) groups excluding carboxylic acids is 1. The summed E-state index contributed by atoms with van der Waals surface area (Å²) in [5, 5.41) is 16.6. The molecule has 1 aromatic rings. The van der Waals surface area contributed by atoms with E-state index >= 15 is 0 Å². The molecule has 2 rings (SSSR count). The van der Waals surface area contributed by atoms with Crippen LogP contribution in [0.25, 0.3) is 0 Å². The van der Waals surface area contributed by atoms with Crippen molar-refractivity contribution < 1.29 is 14.4 Å². The number of likely N-dealkylation sites (N-methyl/N-ethyl adjacent to an activating group) is 1.